The standard InChI is InChI=1S/C27H29FN6O2/c1-32-15-22(29-16-32)25-24(27(36)33-13-17(12-28)14-33)26-30-21(11-23(35)34(26)31-25)20-9-7-19(8-10-20)18-5-3-2-4-6-18/h7-11,15-18,31H,2-6,12-14H2,1H3. The van der Waals surface area contributed by atoms with E-state index in [1.54, 1.807) is 22.0 Å². The molecule has 0 spiro atoms. The Morgan fingerprint density at radius 3 is 2.53 bits per heavy atom. The van der Waals surface area contributed by atoms with Gasteiger partial charge in [-0.25, -0.2) is 14.5 Å². The van der Waals surface area contributed by atoms with E-state index < -0.39 is 6.67 Å². The number of hydrogen-bond donors (Lipinski definition) is 1. The fourth-order valence-corrected chi connectivity index (χ4v) is 5.47. The van der Waals surface area contributed by atoms with Crippen molar-refractivity contribution in [2.75, 3.05) is 19.8 Å². The van der Waals surface area contributed by atoms with Crippen LogP contribution in [0.2, 0.25) is 0 Å². The predicted molar refractivity (Wildman–Crippen MR) is 135 cm³/mol. The molecule has 1 aliphatic heterocycles. The van der Waals surface area contributed by atoms with Crippen LogP contribution in [0.1, 0.15) is 53.9 Å². The lowest BCUT2D eigenvalue weighted by atomic mass is 9.84. The minimum Gasteiger partial charge on any atom is -0.340 e. The van der Waals surface area contributed by atoms with E-state index in [1.165, 1.54) is 48.2 Å². The summed E-state index contributed by atoms with van der Waals surface area (Å²) in [6.07, 6.45) is 9.70. The average Bonchev–Trinajstić information content (AvgIpc) is 3.48. The van der Waals surface area contributed by atoms with Gasteiger partial charge in [0.25, 0.3) is 11.5 Å². The van der Waals surface area contributed by atoms with Crippen LogP contribution >= 0.6 is 0 Å². The van der Waals surface area contributed by atoms with Crippen LogP contribution in [-0.4, -0.2) is 54.7 Å². The lowest BCUT2D eigenvalue weighted by molar-refractivity contribution is 0.0455. The van der Waals surface area contributed by atoms with Crippen molar-refractivity contribution in [3.63, 3.8) is 0 Å². The molecule has 0 atom stereocenters. The summed E-state index contributed by atoms with van der Waals surface area (Å²) in [5, 5.41) is 3.05. The van der Waals surface area contributed by atoms with Crippen LogP contribution in [-0.2, 0) is 7.05 Å². The highest BCUT2D eigenvalue weighted by Crippen LogP contribution is 2.34. The van der Waals surface area contributed by atoms with Gasteiger partial charge in [0.05, 0.1) is 24.4 Å². The van der Waals surface area contributed by atoms with Crippen molar-refractivity contribution in [3.05, 3.63) is 64.3 Å². The van der Waals surface area contributed by atoms with Gasteiger partial charge >= 0.3 is 0 Å². The van der Waals surface area contributed by atoms with Gasteiger partial charge in [0.15, 0.2) is 5.65 Å². The van der Waals surface area contributed by atoms with Gasteiger partial charge in [0.1, 0.15) is 11.3 Å². The average molecular weight is 489 g/mol. The van der Waals surface area contributed by atoms with Gasteiger partial charge < -0.3 is 9.47 Å². The number of aryl methyl sites for hydroxylation is 1. The minimum atomic E-state index is -0.455. The fourth-order valence-electron chi connectivity index (χ4n) is 5.47. The van der Waals surface area contributed by atoms with Crippen LogP contribution in [0.4, 0.5) is 4.39 Å². The maximum Gasteiger partial charge on any atom is 0.273 e. The summed E-state index contributed by atoms with van der Waals surface area (Å²) in [7, 11) is 1.83. The Labute approximate surface area is 207 Å². The fraction of sp³-hybridized carbons (Fsp3) is 0.407. The van der Waals surface area contributed by atoms with Crippen LogP contribution in [0.15, 0.2) is 47.7 Å². The SMILES string of the molecule is Cn1cnc(-c2[nH]n3c(=O)cc(-c4ccc(C5CCCCC5)cc4)nc3c2C(=O)N2CC(CF)C2)c1. The topological polar surface area (TPSA) is 88.3 Å². The number of rotatable bonds is 5. The van der Waals surface area contributed by atoms with Crippen molar-refractivity contribution in [1.29, 1.82) is 0 Å². The van der Waals surface area contributed by atoms with Crippen molar-refractivity contribution in [2.45, 2.75) is 38.0 Å². The Bertz CT molecular complexity index is 1470. The van der Waals surface area contributed by atoms with Gasteiger partial charge in [-0.3, -0.25) is 19.1 Å². The molecule has 2 aliphatic rings. The van der Waals surface area contributed by atoms with Crippen LogP contribution in [0.3, 0.4) is 0 Å². The molecule has 0 bridgehead atoms. The van der Waals surface area contributed by atoms with E-state index in [9.17, 15) is 14.0 Å². The maximum absolute atomic E-state index is 13.5. The molecule has 6 rings (SSSR count). The monoisotopic (exact) mass is 488 g/mol. The largest absolute Gasteiger partial charge is 0.340 e. The summed E-state index contributed by atoms with van der Waals surface area (Å²) in [6.45, 7) is 0.241. The number of aromatic amines is 1. The second-order valence-electron chi connectivity index (χ2n) is 10.1. The number of likely N-dealkylation sites (tertiary alicyclic amines) is 1. The number of carbonyl (C=O) groups excluding carboxylic acids is 1. The summed E-state index contributed by atoms with van der Waals surface area (Å²) >= 11 is 0. The highest BCUT2D eigenvalue weighted by molar-refractivity contribution is 6.05. The number of nitrogens with zero attached hydrogens (tertiary/aromatic N) is 5. The van der Waals surface area contributed by atoms with Crippen molar-refractivity contribution in [1.82, 2.24) is 29.0 Å². The maximum atomic E-state index is 13.5. The molecule has 0 radical (unpaired) electrons. The van der Waals surface area contributed by atoms with Crippen LogP contribution in [0.5, 0.6) is 0 Å². The van der Waals surface area contributed by atoms with E-state index in [-0.39, 0.29) is 28.6 Å². The Hall–Kier alpha value is -3.75. The van der Waals surface area contributed by atoms with Gasteiger partial charge in [0, 0.05) is 43.9 Å². The summed E-state index contributed by atoms with van der Waals surface area (Å²) in [6, 6.07) is 9.77. The second kappa shape index (κ2) is 9.04. The van der Waals surface area contributed by atoms with Crippen LogP contribution in [0, 0.1) is 5.92 Å². The molecular formula is C27H29FN6O2. The first kappa shape index (κ1) is 22.7. The Kier molecular flexibility index (Phi) is 5.70. The molecule has 8 nitrogen and oxygen atoms in total. The van der Waals surface area contributed by atoms with E-state index in [0.717, 1.165) is 5.56 Å². The van der Waals surface area contributed by atoms with Crippen molar-refractivity contribution in [3.8, 4) is 22.6 Å². The number of alkyl halides is 1. The number of aromatic nitrogens is 5. The molecule has 4 aromatic rings. The number of halogens is 1. The predicted octanol–water partition coefficient (Wildman–Crippen LogP) is 4.18. The lowest BCUT2D eigenvalue weighted by Gasteiger charge is -2.37. The second-order valence-corrected chi connectivity index (χ2v) is 10.1. The van der Waals surface area contributed by atoms with Gasteiger partial charge in [-0.05, 0) is 24.3 Å². The number of H-pyrrole nitrogens is 1. The number of carbonyl (C=O) groups is 1. The van der Waals surface area contributed by atoms with Gasteiger partial charge in [-0.1, -0.05) is 43.5 Å². The number of amides is 1. The third-order valence-electron chi connectivity index (χ3n) is 7.54. The molecule has 9 heteroatoms. The van der Waals surface area contributed by atoms with Gasteiger partial charge in [-0.15, -0.1) is 0 Å². The van der Waals surface area contributed by atoms with E-state index in [0.29, 0.717) is 36.1 Å². The molecule has 0 unspecified atom stereocenters. The summed E-state index contributed by atoms with van der Waals surface area (Å²) in [5.74, 6) is 0.163. The smallest absolute Gasteiger partial charge is 0.273 e. The van der Waals surface area contributed by atoms with E-state index in [2.05, 4.69) is 22.2 Å². The molecule has 1 aromatic carbocycles. The normalized spacial score (nSPS) is 17.0. The molecule has 36 heavy (non-hydrogen) atoms. The van der Waals surface area contributed by atoms with E-state index >= 15 is 0 Å². The third kappa shape index (κ3) is 3.92. The summed E-state index contributed by atoms with van der Waals surface area (Å²) in [4.78, 5) is 37.4. The zero-order valence-corrected chi connectivity index (χ0v) is 20.3. The number of benzene rings is 1. The minimum absolute atomic E-state index is 0.147. The first-order chi connectivity index (χ1) is 17.5. The highest BCUT2D eigenvalue weighted by atomic mass is 19.1. The van der Waals surface area contributed by atoms with Crippen LogP contribution in [0.25, 0.3) is 28.3 Å². The molecule has 4 heterocycles. The van der Waals surface area contributed by atoms with E-state index in [4.69, 9.17) is 4.98 Å². The molecule has 1 saturated carbocycles. The molecule has 186 valence electrons. The molecule has 3 aromatic heterocycles. The quantitative estimate of drug-likeness (QED) is 0.457. The number of fused-ring (bicyclic) bond motifs is 1. The Balaban J connectivity index is 1.43. The van der Waals surface area contributed by atoms with Crippen molar-refractivity contribution >= 4 is 11.6 Å². The molecule has 1 amide bonds. The van der Waals surface area contributed by atoms with Crippen molar-refractivity contribution in [2.24, 2.45) is 13.0 Å². The summed E-state index contributed by atoms with van der Waals surface area (Å²) in [5.41, 5.74) is 3.85. The number of hydrogen-bond acceptors (Lipinski definition) is 4. The molecule has 1 aliphatic carbocycles. The lowest BCUT2D eigenvalue weighted by Crippen LogP contribution is -2.50. The van der Waals surface area contributed by atoms with Crippen molar-refractivity contribution < 1.29 is 9.18 Å². The Morgan fingerprint density at radius 2 is 1.86 bits per heavy atom. The Morgan fingerprint density at radius 1 is 1.11 bits per heavy atom. The number of nitrogens with one attached hydrogen (secondary N) is 1. The summed E-state index contributed by atoms with van der Waals surface area (Å²) < 4.78 is 16.1. The third-order valence-corrected chi connectivity index (χ3v) is 7.54. The van der Waals surface area contributed by atoms with Crippen LogP contribution < -0.4 is 5.56 Å². The molecule has 1 saturated heterocycles. The van der Waals surface area contributed by atoms with E-state index in [1.807, 2.05) is 19.2 Å². The molecular weight excluding hydrogens is 459 g/mol. The highest BCUT2D eigenvalue weighted by Gasteiger charge is 2.35. The van der Waals surface area contributed by atoms with Gasteiger partial charge in [0.2, 0.25) is 0 Å². The number of imidazole rings is 1. The zero-order valence-electron chi connectivity index (χ0n) is 20.3. The first-order valence-electron chi connectivity index (χ1n) is 12.6. The van der Waals surface area contributed by atoms with Gasteiger partial charge in [-0.2, -0.15) is 0 Å². The molecule has 2 fully saturated rings. The first-order valence-corrected chi connectivity index (χ1v) is 12.6. The molecule has 1 N–H and O–H groups in total. The zero-order chi connectivity index (χ0) is 24.8.